The van der Waals surface area contributed by atoms with E-state index < -0.39 is 0 Å². The van der Waals surface area contributed by atoms with Crippen LogP contribution in [0.2, 0.25) is 0 Å². The molecule has 96 valence electrons. The highest BCUT2D eigenvalue weighted by Crippen LogP contribution is 1.99. The van der Waals surface area contributed by atoms with Gasteiger partial charge in [-0.3, -0.25) is 0 Å². The lowest BCUT2D eigenvalue weighted by Gasteiger charge is -1.93. The van der Waals surface area contributed by atoms with E-state index in [0.29, 0.717) is 5.88 Å². The van der Waals surface area contributed by atoms with Gasteiger partial charge in [-0.15, -0.1) is 11.6 Å². The number of hydrogen-bond acceptors (Lipinski definition) is 1. The van der Waals surface area contributed by atoms with Crippen molar-refractivity contribution in [1.29, 1.82) is 0 Å². The lowest BCUT2D eigenvalue weighted by Crippen LogP contribution is -2.01. The SMILES string of the molecule is ClCCc1ccccc1.NCCc1ccccc1. The van der Waals surface area contributed by atoms with Gasteiger partial charge in [-0.1, -0.05) is 60.7 Å². The number of aryl methyl sites for hydroxylation is 1. The molecule has 0 unspecified atom stereocenters. The summed E-state index contributed by atoms with van der Waals surface area (Å²) in [6.45, 7) is 0.740. The lowest BCUT2D eigenvalue weighted by molar-refractivity contribution is 0.969. The maximum absolute atomic E-state index is 5.54. The van der Waals surface area contributed by atoms with Crippen molar-refractivity contribution < 1.29 is 0 Å². The van der Waals surface area contributed by atoms with Crippen molar-refractivity contribution in [3.8, 4) is 0 Å². The number of benzene rings is 2. The zero-order chi connectivity index (χ0) is 13.1. The van der Waals surface area contributed by atoms with Crippen molar-refractivity contribution in [3.63, 3.8) is 0 Å². The van der Waals surface area contributed by atoms with Gasteiger partial charge in [0, 0.05) is 5.88 Å². The molecule has 0 aromatic heterocycles. The Morgan fingerprint density at radius 1 is 0.722 bits per heavy atom. The molecule has 18 heavy (non-hydrogen) atoms. The fourth-order valence-corrected chi connectivity index (χ4v) is 1.78. The average Bonchev–Trinajstić information content (AvgIpc) is 2.43. The minimum Gasteiger partial charge on any atom is -0.330 e. The summed E-state index contributed by atoms with van der Waals surface area (Å²) in [6.07, 6.45) is 1.96. The monoisotopic (exact) mass is 261 g/mol. The maximum atomic E-state index is 5.54. The van der Waals surface area contributed by atoms with Gasteiger partial charge in [0.15, 0.2) is 0 Å². The zero-order valence-electron chi connectivity index (χ0n) is 10.6. The van der Waals surface area contributed by atoms with E-state index in [2.05, 4.69) is 24.3 Å². The molecule has 0 saturated heterocycles. The quantitative estimate of drug-likeness (QED) is 0.836. The number of rotatable bonds is 4. The fraction of sp³-hybridized carbons (Fsp3) is 0.250. The minimum absolute atomic E-state index is 0.712. The van der Waals surface area contributed by atoms with Gasteiger partial charge in [0.25, 0.3) is 0 Å². The predicted molar refractivity (Wildman–Crippen MR) is 80.1 cm³/mol. The summed E-state index contributed by atoms with van der Waals surface area (Å²) in [7, 11) is 0. The van der Waals surface area contributed by atoms with E-state index in [1.165, 1.54) is 11.1 Å². The van der Waals surface area contributed by atoms with Gasteiger partial charge in [-0.25, -0.2) is 0 Å². The third-order valence-corrected chi connectivity index (χ3v) is 2.69. The molecule has 0 spiro atoms. The smallest absolute Gasteiger partial charge is 0.0263 e. The summed E-state index contributed by atoms with van der Waals surface area (Å²) in [4.78, 5) is 0. The highest BCUT2D eigenvalue weighted by atomic mass is 35.5. The van der Waals surface area contributed by atoms with Gasteiger partial charge >= 0.3 is 0 Å². The van der Waals surface area contributed by atoms with Gasteiger partial charge < -0.3 is 5.73 Å². The van der Waals surface area contributed by atoms with E-state index in [-0.39, 0.29) is 0 Å². The summed E-state index contributed by atoms with van der Waals surface area (Å²) in [5, 5.41) is 0. The molecule has 0 heterocycles. The zero-order valence-corrected chi connectivity index (χ0v) is 11.3. The highest BCUT2D eigenvalue weighted by Gasteiger charge is 1.86. The summed E-state index contributed by atoms with van der Waals surface area (Å²) in [5.74, 6) is 0.712. The molecular formula is C16H20ClN. The van der Waals surface area contributed by atoms with Crippen molar-refractivity contribution in [3.05, 3.63) is 71.8 Å². The molecule has 0 atom stereocenters. The molecule has 2 aromatic carbocycles. The Morgan fingerprint density at radius 3 is 1.56 bits per heavy atom. The van der Waals surface area contributed by atoms with E-state index in [1.807, 2.05) is 36.4 Å². The van der Waals surface area contributed by atoms with Gasteiger partial charge in [0.1, 0.15) is 0 Å². The Kier molecular flexibility index (Phi) is 7.94. The molecule has 2 N–H and O–H groups in total. The van der Waals surface area contributed by atoms with Crippen molar-refractivity contribution in [1.82, 2.24) is 0 Å². The Labute approximate surface area is 115 Å². The van der Waals surface area contributed by atoms with Crippen LogP contribution in [0.15, 0.2) is 60.7 Å². The van der Waals surface area contributed by atoms with Crippen LogP contribution >= 0.6 is 11.6 Å². The summed E-state index contributed by atoms with van der Waals surface area (Å²) in [6, 6.07) is 20.5. The fourth-order valence-electron chi connectivity index (χ4n) is 1.57. The van der Waals surface area contributed by atoms with Crippen molar-refractivity contribution in [2.24, 2.45) is 5.73 Å². The highest BCUT2D eigenvalue weighted by molar-refractivity contribution is 6.17. The maximum Gasteiger partial charge on any atom is 0.0263 e. The molecule has 1 nitrogen and oxygen atoms in total. The van der Waals surface area contributed by atoms with Gasteiger partial charge in [-0.2, -0.15) is 0 Å². The first-order chi connectivity index (χ1) is 8.86. The molecule has 0 aliphatic rings. The first-order valence-electron chi connectivity index (χ1n) is 6.20. The molecule has 0 fully saturated rings. The van der Waals surface area contributed by atoms with Crippen LogP contribution in [0, 0.1) is 0 Å². The molecule has 0 radical (unpaired) electrons. The van der Waals surface area contributed by atoms with Crippen LogP contribution in [0.5, 0.6) is 0 Å². The minimum atomic E-state index is 0.712. The van der Waals surface area contributed by atoms with E-state index in [0.717, 1.165) is 19.4 Å². The molecule has 0 bridgehead atoms. The van der Waals surface area contributed by atoms with E-state index >= 15 is 0 Å². The van der Waals surface area contributed by atoms with Crippen molar-refractivity contribution >= 4 is 11.6 Å². The van der Waals surface area contributed by atoms with Gasteiger partial charge in [0.2, 0.25) is 0 Å². The standard InChI is InChI=1S/C8H9Cl.C8H11N/c2*9-7-6-8-4-2-1-3-5-8/h1-5H,6-7H2;1-5H,6-7,9H2. The second-order valence-corrected chi connectivity index (χ2v) is 4.33. The molecule has 0 saturated carbocycles. The van der Waals surface area contributed by atoms with Crippen LogP contribution < -0.4 is 5.73 Å². The summed E-state index contributed by atoms with van der Waals surface area (Å²) < 4.78 is 0. The van der Waals surface area contributed by atoms with Gasteiger partial charge in [0.05, 0.1) is 0 Å². The molecule has 0 aliphatic carbocycles. The first kappa shape index (κ1) is 14.7. The van der Waals surface area contributed by atoms with E-state index in [4.69, 9.17) is 17.3 Å². The third kappa shape index (κ3) is 6.43. The molecule has 2 rings (SSSR count). The third-order valence-electron chi connectivity index (χ3n) is 2.50. The molecular weight excluding hydrogens is 242 g/mol. The second kappa shape index (κ2) is 9.69. The topological polar surface area (TPSA) is 26.0 Å². The van der Waals surface area contributed by atoms with Crippen LogP contribution in [-0.2, 0) is 12.8 Å². The number of halogens is 1. The first-order valence-corrected chi connectivity index (χ1v) is 6.74. The van der Waals surface area contributed by atoms with Crippen molar-refractivity contribution in [2.75, 3.05) is 12.4 Å². The van der Waals surface area contributed by atoms with Crippen LogP contribution in [0.25, 0.3) is 0 Å². The lowest BCUT2D eigenvalue weighted by atomic mass is 10.2. The molecule has 0 aliphatic heterocycles. The predicted octanol–water partition coefficient (Wildman–Crippen LogP) is 3.66. The van der Waals surface area contributed by atoms with Crippen LogP contribution in [0.4, 0.5) is 0 Å². The van der Waals surface area contributed by atoms with Crippen LogP contribution in [0.1, 0.15) is 11.1 Å². The second-order valence-electron chi connectivity index (χ2n) is 3.95. The summed E-state index contributed by atoms with van der Waals surface area (Å²) >= 11 is 5.54. The Morgan fingerprint density at radius 2 is 1.17 bits per heavy atom. The Hall–Kier alpha value is -1.31. The summed E-state index contributed by atoms with van der Waals surface area (Å²) in [5.41, 5.74) is 7.99. The van der Waals surface area contributed by atoms with Crippen molar-refractivity contribution in [2.45, 2.75) is 12.8 Å². The molecule has 2 heteroatoms. The molecule has 0 amide bonds. The largest absolute Gasteiger partial charge is 0.330 e. The van der Waals surface area contributed by atoms with Crippen LogP contribution in [0.3, 0.4) is 0 Å². The Bertz CT molecular complexity index is 358. The average molecular weight is 262 g/mol. The van der Waals surface area contributed by atoms with E-state index in [1.54, 1.807) is 0 Å². The normalized spacial score (nSPS) is 9.44. The number of nitrogens with two attached hydrogens (primary N) is 1. The number of alkyl halides is 1. The van der Waals surface area contributed by atoms with Gasteiger partial charge in [-0.05, 0) is 30.5 Å². The number of hydrogen-bond donors (Lipinski definition) is 1. The van der Waals surface area contributed by atoms with E-state index in [9.17, 15) is 0 Å². The molecule has 2 aromatic rings. The van der Waals surface area contributed by atoms with Crippen LogP contribution in [-0.4, -0.2) is 12.4 Å². The Balaban J connectivity index is 0.000000180.